The summed E-state index contributed by atoms with van der Waals surface area (Å²) >= 11 is 0. The second-order valence-electron chi connectivity index (χ2n) is 3.11. The first-order valence-electron chi connectivity index (χ1n) is 4.06. The molecule has 0 saturated heterocycles. The number of ether oxygens (including phenoxy) is 1. The van der Waals surface area contributed by atoms with Crippen molar-refractivity contribution in [2.24, 2.45) is 0 Å². The Balaban J connectivity index is 3.56. The lowest BCUT2D eigenvalue weighted by Crippen LogP contribution is -1.94. The Labute approximate surface area is 77.6 Å². The molecule has 3 heteroatoms. The van der Waals surface area contributed by atoms with E-state index in [2.05, 4.69) is 0 Å². The Hall–Kier alpha value is -1.38. The van der Waals surface area contributed by atoms with E-state index in [1.54, 1.807) is 21.0 Å². The first-order valence-corrected chi connectivity index (χ1v) is 4.06. The number of hydrogen-bond donors (Lipinski definition) is 2. The molecule has 0 aromatic heterocycles. The fraction of sp³-hybridized carbons (Fsp3) is 0.400. The molecule has 0 fully saturated rings. The van der Waals surface area contributed by atoms with Crippen LogP contribution in [0.1, 0.15) is 16.7 Å². The summed E-state index contributed by atoms with van der Waals surface area (Å²) < 4.78 is 5.12. The largest absolute Gasteiger partial charge is 0.504 e. The van der Waals surface area contributed by atoms with Crippen molar-refractivity contribution in [3.05, 3.63) is 16.7 Å². The molecule has 0 heterocycles. The number of aromatic hydroxyl groups is 2. The maximum Gasteiger partial charge on any atom is 0.164 e. The summed E-state index contributed by atoms with van der Waals surface area (Å²) in [6.07, 6.45) is 0. The lowest BCUT2D eigenvalue weighted by atomic mass is 10.0. The average Bonchev–Trinajstić information content (AvgIpc) is 2.13. The summed E-state index contributed by atoms with van der Waals surface area (Å²) in [6, 6.07) is 0. The summed E-state index contributed by atoms with van der Waals surface area (Å²) in [4.78, 5) is 0. The van der Waals surface area contributed by atoms with Gasteiger partial charge in [-0.3, -0.25) is 0 Å². The van der Waals surface area contributed by atoms with E-state index in [-0.39, 0.29) is 11.5 Å². The number of phenolic OH excluding ortho intramolecular Hbond substituents is 2. The lowest BCUT2D eigenvalue weighted by molar-refractivity contribution is 0.376. The molecular formula is C10H14O3. The van der Waals surface area contributed by atoms with Gasteiger partial charge in [0.1, 0.15) is 5.75 Å². The molecule has 0 amide bonds. The van der Waals surface area contributed by atoms with Gasteiger partial charge in [-0.15, -0.1) is 0 Å². The van der Waals surface area contributed by atoms with E-state index in [0.29, 0.717) is 16.9 Å². The number of rotatable bonds is 1. The molecule has 0 radical (unpaired) electrons. The minimum atomic E-state index is -0.0973. The van der Waals surface area contributed by atoms with Crippen molar-refractivity contribution in [2.75, 3.05) is 7.11 Å². The van der Waals surface area contributed by atoms with E-state index < -0.39 is 0 Å². The van der Waals surface area contributed by atoms with Crippen LogP contribution in [0.5, 0.6) is 17.2 Å². The second-order valence-corrected chi connectivity index (χ2v) is 3.11. The standard InChI is InChI=1S/C10H14O3/c1-5-6(2)10(13-4)7(3)9(12)8(5)11/h11-12H,1-4H3. The third kappa shape index (κ3) is 1.30. The van der Waals surface area contributed by atoms with Crippen molar-refractivity contribution >= 4 is 0 Å². The number of phenols is 2. The zero-order valence-corrected chi connectivity index (χ0v) is 8.30. The molecule has 1 aromatic rings. The number of methoxy groups -OCH3 is 1. The van der Waals surface area contributed by atoms with E-state index in [4.69, 9.17) is 4.74 Å². The summed E-state index contributed by atoms with van der Waals surface area (Å²) in [5.41, 5.74) is 2.08. The van der Waals surface area contributed by atoms with Gasteiger partial charge in [0, 0.05) is 11.1 Å². The third-order valence-electron chi connectivity index (χ3n) is 2.38. The van der Waals surface area contributed by atoms with Gasteiger partial charge in [0.25, 0.3) is 0 Å². The minimum Gasteiger partial charge on any atom is -0.504 e. The van der Waals surface area contributed by atoms with Crippen LogP contribution in [0.3, 0.4) is 0 Å². The van der Waals surface area contributed by atoms with Gasteiger partial charge < -0.3 is 14.9 Å². The molecule has 0 unspecified atom stereocenters. The second kappa shape index (κ2) is 3.17. The van der Waals surface area contributed by atoms with Gasteiger partial charge in [-0.1, -0.05) is 0 Å². The van der Waals surface area contributed by atoms with Crippen molar-refractivity contribution in [1.29, 1.82) is 0 Å². The number of hydrogen-bond acceptors (Lipinski definition) is 3. The maximum atomic E-state index is 9.49. The van der Waals surface area contributed by atoms with E-state index in [1.807, 2.05) is 6.92 Å². The monoisotopic (exact) mass is 182 g/mol. The average molecular weight is 182 g/mol. The summed E-state index contributed by atoms with van der Waals surface area (Å²) in [5.74, 6) is 0.476. The maximum absolute atomic E-state index is 9.49. The van der Waals surface area contributed by atoms with Gasteiger partial charge in [-0.05, 0) is 26.3 Å². The van der Waals surface area contributed by atoms with Gasteiger partial charge in [-0.2, -0.15) is 0 Å². The van der Waals surface area contributed by atoms with E-state index in [9.17, 15) is 10.2 Å². The molecule has 2 N–H and O–H groups in total. The van der Waals surface area contributed by atoms with Gasteiger partial charge in [0.2, 0.25) is 0 Å². The highest BCUT2D eigenvalue weighted by molar-refractivity contribution is 5.60. The zero-order valence-electron chi connectivity index (χ0n) is 8.30. The molecule has 0 spiro atoms. The normalized spacial score (nSPS) is 10.2. The van der Waals surface area contributed by atoms with Crippen LogP contribution in [0.4, 0.5) is 0 Å². The molecule has 0 bridgehead atoms. The van der Waals surface area contributed by atoms with Gasteiger partial charge >= 0.3 is 0 Å². The van der Waals surface area contributed by atoms with Crippen LogP contribution in [-0.2, 0) is 0 Å². The molecule has 0 aliphatic carbocycles. The molecule has 3 nitrogen and oxygen atoms in total. The Bertz CT molecular complexity index is 314. The lowest BCUT2D eigenvalue weighted by Gasteiger charge is -2.14. The van der Waals surface area contributed by atoms with E-state index in [0.717, 1.165) is 5.56 Å². The van der Waals surface area contributed by atoms with E-state index in [1.165, 1.54) is 0 Å². The Morgan fingerprint density at radius 3 is 1.77 bits per heavy atom. The molecular weight excluding hydrogens is 168 g/mol. The highest BCUT2D eigenvalue weighted by atomic mass is 16.5. The van der Waals surface area contributed by atoms with Crippen LogP contribution in [0.25, 0.3) is 0 Å². The van der Waals surface area contributed by atoms with Crippen LogP contribution in [0, 0.1) is 20.8 Å². The summed E-state index contributed by atoms with van der Waals surface area (Å²) in [5, 5.41) is 19.0. The van der Waals surface area contributed by atoms with Gasteiger partial charge in [0.15, 0.2) is 11.5 Å². The van der Waals surface area contributed by atoms with E-state index >= 15 is 0 Å². The van der Waals surface area contributed by atoms with Crippen LogP contribution < -0.4 is 4.74 Å². The molecule has 0 aliphatic heterocycles. The van der Waals surface area contributed by atoms with Gasteiger partial charge in [-0.25, -0.2) is 0 Å². The topological polar surface area (TPSA) is 49.7 Å². The Morgan fingerprint density at radius 1 is 0.846 bits per heavy atom. The van der Waals surface area contributed by atoms with Crippen molar-refractivity contribution in [2.45, 2.75) is 20.8 Å². The molecule has 1 rings (SSSR count). The van der Waals surface area contributed by atoms with Crippen LogP contribution >= 0.6 is 0 Å². The first-order chi connectivity index (χ1) is 6.00. The van der Waals surface area contributed by atoms with Crippen molar-refractivity contribution in [3.63, 3.8) is 0 Å². The zero-order chi connectivity index (χ0) is 10.2. The molecule has 1 aromatic carbocycles. The van der Waals surface area contributed by atoms with Gasteiger partial charge in [0.05, 0.1) is 7.11 Å². The Morgan fingerprint density at radius 2 is 1.31 bits per heavy atom. The molecule has 0 saturated carbocycles. The quantitative estimate of drug-likeness (QED) is 0.653. The molecule has 0 aliphatic rings. The fourth-order valence-electron chi connectivity index (χ4n) is 1.40. The van der Waals surface area contributed by atoms with Crippen molar-refractivity contribution in [1.82, 2.24) is 0 Å². The highest BCUT2D eigenvalue weighted by Gasteiger charge is 2.16. The predicted octanol–water partition coefficient (Wildman–Crippen LogP) is 2.03. The van der Waals surface area contributed by atoms with Crippen LogP contribution in [0.2, 0.25) is 0 Å². The summed E-state index contributed by atoms with van der Waals surface area (Å²) in [7, 11) is 1.55. The van der Waals surface area contributed by atoms with Crippen molar-refractivity contribution < 1.29 is 14.9 Å². The highest BCUT2D eigenvalue weighted by Crippen LogP contribution is 2.41. The van der Waals surface area contributed by atoms with Crippen LogP contribution in [0.15, 0.2) is 0 Å². The summed E-state index contributed by atoms with van der Waals surface area (Å²) in [6.45, 7) is 5.30. The smallest absolute Gasteiger partial charge is 0.164 e. The van der Waals surface area contributed by atoms with Crippen LogP contribution in [-0.4, -0.2) is 17.3 Å². The minimum absolute atomic E-state index is 0.0594. The number of benzene rings is 1. The molecule has 72 valence electrons. The third-order valence-corrected chi connectivity index (χ3v) is 2.38. The fourth-order valence-corrected chi connectivity index (χ4v) is 1.40. The Kier molecular flexibility index (Phi) is 2.36. The SMILES string of the molecule is COc1c(C)c(C)c(O)c(O)c1C. The van der Waals surface area contributed by atoms with Crippen molar-refractivity contribution in [3.8, 4) is 17.2 Å². The molecule has 13 heavy (non-hydrogen) atoms. The predicted molar refractivity (Wildman–Crippen MR) is 50.5 cm³/mol. The molecule has 0 atom stereocenters. The first kappa shape index (κ1) is 9.71.